The van der Waals surface area contributed by atoms with Crippen LogP contribution >= 0.6 is 34.7 Å². The number of hydrogen-bond acceptors (Lipinski definition) is 7. The second-order valence-corrected chi connectivity index (χ2v) is 13.0. The Hall–Kier alpha value is -1.88. The maximum atomic E-state index is 13.7. The molecule has 0 radical (unpaired) electrons. The molecule has 2 aromatic heterocycles. The number of thioether (sulfide) groups is 1. The smallest absolute Gasteiger partial charge is 0.267 e. The molecule has 1 saturated heterocycles. The summed E-state index contributed by atoms with van der Waals surface area (Å²) in [5.74, 6) is -0.163. The summed E-state index contributed by atoms with van der Waals surface area (Å²) in [4.78, 5) is 32.9. The van der Waals surface area contributed by atoms with E-state index in [2.05, 4.69) is 5.32 Å². The predicted molar refractivity (Wildman–Crippen MR) is 133 cm³/mol. The zero-order chi connectivity index (χ0) is 23.2. The molecular weight excluding hydrogens is 502 g/mol. The Bertz CT molecular complexity index is 1400. The van der Waals surface area contributed by atoms with E-state index in [9.17, 15) is 18.0 Å². The number of amides is 1. The summed E-state index contributed by atoms with van der Waals surface area (Å²) in [6.45, 7) is 0. The van der Waals surface area contributed by atoms with Gasteiger partial charge in [0.15, 0.2) is 15.0 Å². The van der Waals surface area contributed by atoms with Gasteiger partial charge in [-0.05, 0) is 61.9 Å². The third-order valence-electron chi connectivity index (χ3n) is 5.97. The van der Waals surface area contributed by atoms with Crippen LogP contribution in [0.2, 0.25) is 5.02 Å². The molecule has 0 spiro atoms. The van der Waals surface area contributed by atoms with E-state index in [1.807, 2.05) is 0 Å². The second-order valence-electron chi connectivity index (χ2n) is 8.36. The third-order valence-corrected chi connectivity index (χ3v) is 10.1. The molecule has 1 aliphatic carbocycles. The molecule has 7 nitrogen and oxygen atoms in total. The number of nitrogens with one attached hydrogen (secondary N) is 1. The molecule has 174 valence electrons. The van der Waals surface area contributed by atoms with E-state index in [0.717, 1.165) is 31.2 Å². The fourth-order valence-electron chi connectivity index (χ4n) is 4.41. The number of aryl methyl sites for hydroxylation is 2. The molecule has 1 atom stereocenters. The van der Waals surface area contributed by atoms with Crippen molar-refractivity contribution in [2.75, 3.05) is 17.3 Å². The summed E-state index contributed by atoms with van der Waals surface area (Å²) in [6.07, 6.45) is 4.45. The highest BCUT2D eigenvalue weighted by Gasteiger charge is 2.29. The Morgan fingerprint density at radius 2 is 2.00 bits per heavy atom. The van der Waals surface area contributed by atoms with E-state index in [-0.39, 0.29) is 34.8 Å². The number of aromatic nitrogens is 2. The number of fused-ring (bicyclic) bond motifs is 3. The molecule has 1 aromatic carbocycles. The molecule has 1 N–H and O–H groups in total. The summed E-state index contributed by atoms with van der Waals surface area (Å²) in [7, 11) is -3.07. The number of hydrogen-bond donors (Lipinski definition) is 1. The summed E-state index contributed by atoms with van der Waals surface area (Å²) in [5.41, 5.74) is 1.61. The van der Waals surface area contributed by atoms with Crippen LogP contribution in [0.15, 0.2) is 34.2 Å². The first-order valence-corrected chi connectivity index (χ1v) is 14.8. The van der Waals surface area contributed by atoms with E-state index < -0.39 is 9.84 Å². The molecule has 11 heteroatoms. The van der Waals surface area contributed by atoms with Gasteiger partial charge in [-0.2, -0.15) is 0 Å². The minimum atomic E-state index is -3.07. The van der Waals surface area contributed by atoms with Gasteiger partial charge >= 0.3 is 0 Å². The Labute approximate surface area is 204 Å². The van der Waals surface area contributed by atoms with Gasteiger partial charge in [-0.15, -0.1) is 11.3 Å². The van der Waals surface area contributed by atoms with E-state index in [0.29, 0.717) is 32.5 Å². The van der Waals surface area contributed by atoms with Crippen LogP contribution in [0, 0.1) is 0 Å². The average molecular weight is 524 g/mol. The first kappa shape index (κ1) is 22.9. The van der Waals surface area contributed by atoms with Gasteiger partial charge in [0.05, 0.1) is 28.3 Å². The molecule has 3 heterocycles. The number of halogens is 1. The van der Waals surface area contributed by atoms with Gasteiger partial charge in [-0.25, -0.2) is 13.4 Å². The normalized spacial score (nSPS) is 19.5. The Balaban J connectivity index is 1.49. The zero-order valence-electron chi connectivity index (χ0n) is 17.7. The monoisotopic (exact) mass is 523 g/mol. The van der Waals surface area contributed by atoms with Crippen molar-refractivity contribution in [2.24, 2.45) is 0 Å². The van der Waals surface area contributed by atoms with E-state index in [1.165, 1.54) is 16.6 Å². The maximum Gasteiger partial charge on any atom is 0.267 e. The summed E-state index contributed by atoms with van der Waals surface area (Å²) in [5, 5.41) is 4.47. The van der Waals surface area contributed by atoms with Crippen LogP contribution < -0.4 is 10.9 Å². The first-order chi connectivity index (χ1) is 15.8. The van der Waals surface area contributed by atoms with Crippen LogP contribution in [-0.4, -0.2) is 47.2 Å². The maximum absolute atomic E-state index is 13.7. The Morgan fingerprint density at radius 3 is 2.73 bits per heavy atom. The molecule has 0 bridgehead atoms. The van der Waals surface area contributed by atoms with E-state index >= 15 is 0 Å². The number of thiophene rings is 1. The highest BCUT2D eigenvalue weighted by molar-refractivity contribution is 7.99. The SMILES string of the molecule is O=C(CSc1nc2sc3c(c2c(=O)n1-c1ccc(Cl)cc1)CCCC3)NC1CCS(=O)(=O)C1. The van der Waals surface area contributed by atoms with Crippen molar-refractivity contribution in [3.05, 3.63) is 50.1 Å². The quantitative estimate of drug-likeness (QED) is 0.406. The topological polar surface area (TPSA) is 98.1 Å². The molecule has 5 rings (SSSR count). The van der Waals surface area contributed by atoms with Gasteiger partial charge in [-0.3, -0.25) is 14.2 Å². The van der Waals surface area contributed by atoms with Crippen LogP contribution in [0.3, 0.4) is 0 Å². The van der Waals surface area contributed by atoms with Crippen molar-refractivity contribution in [1.82, 2.24) is 14.9 Å². The second kappa shape index (κ2) is 9.05. The largest absolute Gasteiger partial charge is 0.352 e. The van der Waals surface area contributed by atoms with Gasteiger partial charge in [0.2, 0.25) is 5.91 Å². The molecule has 1 amide bonds. The van der Waals surface area contributed by atoms with Crippen LogP contribution in [0.1, 0.15) is 29.7 Å². The number of carbonyl (C=O) groups excluding carboxylic acids is 1. The molecule has 2 aliphatic rings. The highest BCUT2D eigenvalue weighted by atomic mass is 35.5. The van der Waals surface area contributed by atoms with Crippen LogP contribution in [0.5, 0.6) is 0 Å². The number of benzene rings is 1. The summed E-state index contributed by atoms with van der Waals surface area (Å²) >= 11 is 8.80. The first-order valence-electron chi connectivity index (χ1n) is 10.8. The summed E-state index contributed by atoms with van der Waals surface area (Å²) in [6, 6.07) is 6.62. The summed E-state index contributed by atoms with van der Waals surface area (Å²) < 4.78 is 24.9. The zero-order valence-corrected chi connectivity index (χ0v) is 20.9. The van der Waals surface area contributed by atoms with Crippen molar-refractivity contribution in [3.8, 4) is 5.69 Å². The molecule has 1 fully saturated rings. The fourth-order valence-corrected chi connectivity index (χ4v) is 8.33. The van der Waals surface area contributed by atoms with E-state index in [1.54, 1.807) is 40.2 Å². The predicted octanol–water partition coefficient (Wildman–Crippen LogP) is 3.37. The van der Waals surface area contributed by atoms with E-state index in [4.69, 9.17) is 16.6 Å². The molecule has 1 aliphatic heterocycles. The van der Waals surface area contributed by atoms with Crippen LogP contribution in [0.4, 0.5) is 0 Å². The lowest BCUT2D eigenvalue weighted by Crippen LogP contribution is -2.36. The molecule has 0 saturated carbocycles. The van der Waals surface area contributed by atoms with Crippen LogP contribution in [0.25, 0.3) is 15.9 Å². The van der Waals surface area contributed by atoms with Gasteiger partial charge in [-0.1, -0.05) is 23.4 Å². The fraction of sp³-hybridized carbons (Fsp3) is 0.409. The van der Waals surface area contributed by atoms with Crippen molar-refractivity contribution < 1.29 is 13.2 Å². The van der Waals surface area contributed by atoms with Gasteiger partial charge in [0.25, 0.3) is 5.56 Å². The van der Waals surface area contributed by atoms with Crippen LogP contribution in [-0.2, 0) is 27.5 Å². The lowest BCUT2D eigenvalue weighted by Gasteiger charge is -2.14. The van der Waals surface area contributed by atoms with Crippen molar-refractivity contribution in [3.63, 3.8) is 0 Å². The lowest BCUT2D eigenvalue weighted by molar-refractivity contribution is -0.119. The van der Waals surface area contributed by atoms with Gasteiger partial charge < -0.3 is 5.32 Å². The molecule has 33 heavy (non-hydrogen) atoms. The van der Waals surface area contributed by atoms with Crippen molar-refractivity contribution in [2.45, 2.75) is 43.3 Å². The van der Waals surface area contributed by atoms with Gasteiger partial charge in [0.1, 0.15) is 4.83 Å². The van der Waals surface area contributed by atoms with Gasteiger partial charge in [0, 0.05) is 15.9 Å². The average Bonchev–Trinajstić information content (AvgIpc) is 3.32. The minimum Gasteiger partial charge on any atom is -0.352 e. The Kier molecular flexibility index (Phi) is 6.28. The van der Waals surface area contributed by atoms with Crippen molar-refractivity contribution >= 4 is 60.7 Å². The molecular formula is C22H22ClN3O4S3. The number of sulfone groups is 1. The minimum absolute atomic E-state index is 0.0240. The molecule has 3 aromatic rings. The lowest BCUT2D eigenvalue weighted by atomic mass is 9.97. The highest BCUT2D eigenvalue weighted by Crippen LogP contribution is 2.35. The number of nitrogens with zero attached hydrogens (tertiary/aromatic N) is 2. The van der Waals surface area contributed by atoms with Crippen molar-refractivity contribution in [1.29, 1.82) is 0 Å². The Morgan fingerprint density at radius 1 is 1.24 bits per heavy atom. The molecule has 1 unspecified atom stereocenters. The third kappa shape index (κ3) is 4.71. The number of rotatable bonds is 5. The number of carbonyl (C=O) groups is 1. The standard InChI is InChI=1S/C22H22ClN3O4S3/c23-13-5-7-15(8-6-13)26-21(28)19-16-3-1-2-4-17(16)32-20(19)25-22(26)31-11-18(27)24-14-9-10-33(29,30)12-14/h5-8,14H,1-4,9-12H2,(H,24,27).